The second-order valence-electron chi connectivity index (χ2n) is 13.0. The number of hydrogen-bond donors (Lipinski definition) is 2. The number of carbonyl (C=O) groups excluding carboxylic acids is 1. The van der Waals surface area contributed by atoms with Crippen LogP contribution >= 0.6 is 0 Å². The number of piperidine rings is 1. The number of piperazine rings is 1. The van der Waals surface area contributed by atoms with E-state index in [9.17, 15) is 18.9 Å². The Morgan fingerprint density at radius 2 is 1.70 bits per heavy atom. The first-order chi connectivity index (χ1) is 21.1. The molecule has 2 N–H and O–H groups in total. The van der Waals surface area contributed by atoms with Gasteiger partial charge in [0.25, 0.3) is 5.56 Å². The van der Waals surface area contributed by atoms with E-state index in [1.54, 1.807) is 18.7 Å². The SMILES string of the molecule is CS(C)(=O)=Nc1cn(CC2(O)CCN(C(=O)N3CCNCC3c3ccccc3)CC23CCCC3)c(=O)cc1-c1ccccc1. The van der Waals surface area contributed by atoms with Crippen molar-refractivity contribution in [3.63, 3.8) is 0 Å². The van der Waals surface area contributed by atoms with Crippen molar-refractivity contribution in [3.05, 3.63) is 88.8 Å². The first-order valence-corrected chi connectivity index (χ1v) is 17.9. The van der Waals surface area contributed by atoms with Crippen LogP contribution in [0, 0.1) is 5.41 Å². The zero-order valence-electron chi connectivity index (χ0n) is 25.7. The standard InChI is InChI=1S/C34H43N5O4S/c1-44(2,43)36-29-23-38(31(40)21-28(29)26-11-5-3-6-12-26)25-34(42)17-19-37(24-33(34)15-9-10-16-33)32(41)39-20-18-35-22-30(39)27-13-7-4-8-14-27/h3-8,11-14,21,23,30,35,42H,9-10,15-20,22,24-25H2,1-2H3. The van der Waals surface area contributed by atoms with Gasteiger partial charge in [0.2, 0.25) is 0 Å². The van der Waals surface area contributed by atoms with E-state index in [0.717, 1.165) is 43.4 Å². The first-order valence-electron chi connectivity index (χ1n) is 15.6. The van der Waals surface area contributed by atoms with Crippen molar-refractivity contribution < 1.29 is 14.1 Å². The van der Waals surface area contributed by atoms with E-state index in [1.807, 2.05) is 58.3 Å². The van der Waals surface area contributed by atoms with Gasteiger partial charge in [-0.3, -0.25) is 4.79 Å². The van der Waals surface area contributed by atoms with Gasteiger partial charge in [0.15, 0.2) is 0 Å². The van der Waals surface area contributed by atoms with Crippen molar-refractivity contribution in [3.8, 4) is 11.1 Å². The molecule has 1 spiro atoms. The Balaban J connectivity index is 1.30. The molecular weight excluding hydrogens is 574 g/mol. The predicted molar refractivity (Wildman–Crippen MR) is 174 cm³/mol. The van der Waals surface area contributed by atoms with E-state index in [2.05, 4.69) is 21.8 Å². The third kappa shape index (κ3) is 6.07. The minimum Gasteiger partial charge on any atom is -0.387 e. The molecule has 0 bridgehead atoms. The number of rotatable bonds is 5. The zero-order valence-corrected chi connectivity index (χ0v) is 26.5. The van der Waals surface area contributed by atoms with Gasteiger partial charge in [-0.1, -0.05) is 73.5 Å². The van der Waals surface area contributed by atoms with Gasteiger partial charge in [-0.15, -0.1) is 0 Å². The maximum atomic E-state index is 14.1. The van der Waals surface area contributed by atoms with Crippen LogP contribution in [0.4, 0.5) is 10.5 Å². The smallest absolute Gasteiger partial charge is 0.320 e. The van der Waals surface area contributed by atoms with Crippen LogP contribution in [-0.2, 0) is 16.3 Å². The molecule has 2 aromatic carbocycles. The molecule has 2 unspecified atom stereocenters. The number of hydrogen-bond acceptors (Lipinski definition) is 6. The monoisotopic (exact) mass is 617 g/mol. The summed E-state index contributed by atoms with van der Waals surface area (Å²) in [5.74, 6) is 0. The minimum absolute atomic E-state index is 0.0137. The number of nitrogens with one attached hydrogen (secondary N) is 1. The first kappa shape index (κ1) is 30.6. The Hall–Kier alpha value is -3.47. The summed E-state index contributed by atoms with van der Waals surface area (Å²) in [4.78, 5) is 31.6. The highest BCUT2D eigenvalue weighted by Gasteiger charge is 2.56. The summed E-state index contributed by atoms with van der Waals surface area (Å²) in [7, 11) is -2.52. The molecule has 0 radical (unpaired) electrons. The van der Waals surface area contributed by atoms with Crippen LogP contribution in [-0.4, -0.2) is 80.5 Å². The van der Waals surface area contributed by atoms with E-state index in [4.69, 9.17) is 0 Å². The van der Waals surface area contributed by atoms with Crippen LogP contribution in [0.5, 0.6) is 0 Å². The molecule has 44 heavy (non-hydrogen) atoms. The highest BCUT2D eigenvalue weighted by atomic mass is 32.2. The van der Waals surface area contributed by atoms with Crippen LogP contribution < -0.4 is 10.9 Å². The Morgan fingerprint density at radius 1 is 1.02 bits per heavy atom. The normalized spacial score (nSPS) is 23.6. The van der Waals surface area contributed by atoms with Crippen molar-refractivity contribution in [2.75, 3.05) is 45.2 Å². The highest BCUT2D eigenvalue weighted by molar-refractivity contribution is 7.92. The number of nitrogens with zero attached hydrogens (tertiary/aromatic N) is 4. The molecule has 3 heterocycles. The summed E-state index contributed by atoms with van der Waals surface area (Å²) in [6.07, 6.45) is 8.71. The number of urea groups is 1. The fraction of sp³-hybridized carbons (Fsp3) is 0.471. The van der Waals surface area contributed by atoms with Crippen LogP contribution in [0.2, 0.25) is 0 Å². The van der Waals surface area contributed by atoms with E-state index in [1.165, 1.54) is 10.6 Å². The third-order valence-corrected chi connectivity index (χ3v) is 10.4. The predicted octanol–water partition coefficient (Wildman–Crippen LogP) is 4.64. The van der Waals surface area contributed by atoms with Gasteiger partial charge in [-0.25, -0.2) is 9.00 Å². The number of amides is 2. The number of pyridine rings is 1. The van der Waals surface area contributed by atoms with Crippen LogP contribution in [0.25, 0.3) is 11.1 Å². The van der Waals surface area contributed by atoms with Gasteiger partial charge in [0, 0.05) is 78.2 Å². The topological polar surface area (TPSA) is 107 Å². The molecule has 9 nitrogen and oxygen atoms in total. The van der Waals surface area contributed by atoms with E-state index in [0.29, 0.717) is 43.9 Å². The molecule has 6 rings (SSSR count). The summed E-state index contributed by atoms with van der Waals surface area (Å²) in [5, 5.41) is 15.9. The molecular formula is C34H43N5O4S. The molecule has 2 atom stereocenters. The fourth-order valence-electron chi connectivity index (χ4n) is 7.47. The van der Waals surface area contributed by atoms with Gasteiger partial charge in [-0.2, -0.15) is 4.36 Å². The molecule has 234 valence electrons. The summed E-state index contributed by atoms with van der Waals surface area (Å²) in [6.45, 7) is 3.04. The molecule has 10 heteroatoms. The lowest BCUT2D eigenvalue weighted by molar-refractivity contribution is -0.136. The largest absolute Gasteiger partial charge is 0.387 e. The summed E-state index contributed by atoms with van der Waals surface area (Å²) in [5.41, 5.74) is 1.07. The Kier molecular flexibility index (Phi) is 8.43. The van der Waals surface area contributed by atoms with Gasteiger partial charge in [0.1, 0.15) is 0 Å². The second kappa shape index (κ2) is 12.1. The number of aliphatic hydroxyl groups is 1. The molecule has 2 saturated heterocycles. The Bertz CT molecular complexity index is 1670. The Morgan fingerprint density at radius 3 is 2.39 bits per heavy atom. The number of benzene rings is 2. The number of likely N-dealkylation sites (tertiary alicyclic amines) is 1. The van der Waals surface area contributed by atoms with E-state index < -0.39 is 20.7 Å². The van der Waals surface area contributed by atoms with Crippen LogP contribution in [0.3, 0.4) is 0 Å². The number of aromatic nitrogens is 1. The molecule has 1 aliphatic carbocycles. The maximum absolute atomic E-state index is 14.1. The van der Waals surface area contributed by atoms with Crippen molar-refractivity contribution >= 4 is 21.4 Å². The highest BCUT2D eigenvalue weighted by Crippen LogP contribution is 2.52. The van der Waals surface area contributed by atoms with Gasteiger partial charge < -0.3 is 24.8 Å². The summed E-state index contributed by atoms with van der Waals surface area (Å²) < 4.78 is 18.8. The molecule has 1 saturated carbocycles. The van der Waals surface area contributed by atoms with E-state index >= 15 is 0 Å². The average molecular weight is 618 g/mol. The molecule has 3 aliphatic rings. The lowest BCUT2D eigenvalue weighted by atomic mass is 9.66. The van der Waals surface area contributed by atoms with Crippen LogP contribution in [0.1, 0.15) is 43.7 Å². The summed E-state index contributed by atoms with van der Waals surface area (Å²) in [6, 6.07) is 21.1. The minimum atomic E-state index is -2.52. The van der Waals surface area contributed by atoms with Crippen molar-refractivity contribution in [1.29, 1.82) is 0 Å². The Labute approximate surface area is 260 Å². The molecule has 3 fully saturated rings. The average Bonchev–Trinajstić information content (AvgIpc) is 3.50. The lowest BCUT2D eigenvalue weighted by Crippen LogP contribution is -2.64. The maximum Gasteiger partial charge on any atom is 0.320 e. The molecule has 2 amide bonds. The van der Waals surface area contributed by atoms with Crippen molar-refractivity contribution in [2.45, 2.75) is 50.3 Å². The number of carbonyl (C=O) groups is 1. The molecule has 2 aliphatic heterocycles. The van der Waals surface area contributed by atoms with Crippen molar-refractivity contribution in [1.82, 2.24) is 19.7 Å². The quantitative estimate of drug-likeness (QED) is 0.434. The van der Waals surface area contributed by atoms with Gasteiger partial charge in [-0.05, 0) is 30.4 Å². The second-order valence-corrected chi connectivity index (χ2v) is 15.5. The lowest BCUT2D eigenvalue weighted by Gasteiger charge is -2.53. The molecule has 3 aromatic rings. The fourth-order valence-corrected chi connectivity index (χ4v) is 8.09. The third-order valence-electron chi connectivity index (χ3n) is 9.72. The zero-order chi connectivity index (χ0) is 31.0. The van der Waals surface area contributed by atoms with Crippen LogP contribution in [0.15, 0.2) is 82.1 Å². The van der Waals surface area contributed by atoms with Gasteiger partial charge >= 0.3 is 6.03 Å². The van der Waals surface area contributed by atoms with Gasteiger partial charge in [0.05, 0.1) is 23.9 Å². The van der Waals surface area contributed by atoms with E-state index in [-0.39, 0.29) is 24.2 Å². The molecule has 1 aromatic heterocycles. The summed E-state index contributed by atoms with van der Waals surface area (Å²) >= 11 is 0. The van der Waals surface area contributed by atoms with Crippen molar-refractivity contribution in [2.24, 2.45) is 9.78 Å².